The zero-order chi connectivity index (χ0) is 19.1. The van der Waals surface area contributed by atoms with E-state index >= 15 is 0 Å². The summed E-state index contributed by atoms with van der Waals surface area (Å²) in [6.45, 7) is 3.35. The summed E-state index contributed by atoms with van der Waals surface area (Å²) in [7, 11) is 0. The van der Waals surface area contributed by atoms with Crippen molar-refractivity contribution in [3.8, 4) is 22.9 Å². The summed E-state index contributed by atoms with van der Waals surface area (Å²) >= 11 is 0. The van der Waals surface area contributed by atoms with E-state index in [2.05, 4.69) is 4.98 Å². The molecule has 0 saturated carbocycles. The molecule has 5 rings (SSSR count). The van der Waals surface area contributed by atoms with Crippen molar-refractivity contribution >= 4 is 10.9 Å². The van der Waals surface area contributed by atoms with Gasteiger partial charge in [-0.3, -0.25) is 4.68 Å². The number of phenolic OH excluding ortho intramolecular Hbond substituents is 1. The Morgan fingerprint density at radius 2 is 1.93 bits per heavy atom. The SMILES string of the molecule is Cc1nc(OCc2ccccc2)ccc1-c1nn2c3c(c(O)ccc13)CCC2. The highest BCUT2D eigenvalue weighted by Gasteiger charge is 2.22. The Bertz CT molecular complexity index is 1170. The van der Waals surface area contributed by atoms with Crippen molar-refractivity contribution in [2.75, 3.05) is 0 Å². The number of nitrogens with zero attached hydrogens (tertiary/aromatic N) is 3. The largest absolute Gasteiger partial charge is 0.508 e. The van der Waals surface area contributed by atoms with Crippen molar-refractivity contribution < 1.29 is 9.84 Å². The van der Waals surface area contributed by atoms with E-state index in [0.717, 1.165) is 58.4 Å². The summed E-state index contributed by atoms with van der Waals surface area (Å²) < 4.78 is 7.87. The van der Waals surface area contributed by atoms with Crippen LogP contribution in [0, 0.1) is 6.92 Å². The van der Waals surface area contributed by atoms with E-state index in [-0.39, 0.29) is 0 Å². The highest BCUT2D eigenvalue weighted by atomic mass is 16.5. The standard InChI is InChI=1S/C23H21N3O2/c1-15-17(10-12-21(24-15)28-14-16-6-3-2-4-7-16)22-19-9-11-20(27)18-8-5-13-26(25-22)23(18)19/h2-4,6-7,9-12,27H,5,8,13-14H2,1H3. The first kappa shape index (κ1) is 16.8. The summed E-state index contributed by atoms with van der Waals surface area (Å²) in [4.78, 5) is 4.64. The van der Waals surface area contributed by atoms with Gasteiger partial charge in [-0.2, -0.15) is 5.10 Å². The van der Waals surface area contributed by atoms with Gasteiger partial charge in [-0.1, -0.05) is 30.3 Å². The Labute approximate surface area is 163 Å². The minimum absolute atomic E-state index is 0.361. The second-order valence-electron chi connectivity index (χ2n) is 7.19. The van der Waals surface area contributed by atoms with Gasteiger partial charge in [-0.05, 0) is 43.5 Å². The van der Waals surface area contributed by atoms with Crippen molar-refractivity contribution in [2.45, 2.75) is 32.9 Å². The molecule has 2 aromatic heterocycles. The number of aromatic hydroxyl groups is 1. The van der Waals surface area contributed by atoms with Crippen molar-refractivity contribution in [3.05, 3.63) is 71.4 Å². The second kappa shape index (κ2) is 6.68. The molecule has 2 aromatic carbocycles. The maximum absolute atomic E-state index is 10.2. The Balaban J connectivity index is 1.50. The zero-order valence-corrected chi connectivity index (χ0v) is 15.7. The number of pyridine rings is 1. The minimum Gasteiger partial charge on any atom is -0.508 e. The lowest BCUT2D eigenvalue weighted by molar-refractivity contribution is 0.293. The van der Waals surface area contributed by atoms with Gasteiger partial charge in [-0.15, -0.1) is 0 Å². The molecule has 140 valence electrons. The van der Waals surface area contributed by atoms with Crippen molar-refractivity contribution in [1.29, 1.82) is 0 Å². The summed E-state index contributed by atoms with van der Waals surface area (Å²) in [5.74, 6) is 0.968. The molecule has 0 amide bonds. The van der Waals surface area contributed by atoms with Crippen LogP contribution in [-0.4, -0.2) is 19.9 Å². The molecule has 0 bridgehead atoms. The molecule has 1 aliphatic rings. The van der Waals surface area contributed by atoms with E-state index < -0.39 is 0 Å². The second-order valence-corrected chi connectivity index (χ2v) is 7.19. The van der Waals surface area contributed by atoms with Gasteiger partial charge in [-0.25, -0.2) is 4.98 Å². The number of benzene rings is 2. The van der Waals surface area contributed by atoms with Crippen LogP contribution in [0.15, 0.2) is 54.6 Å². The molecule has 5 heteroatoms. The third-order valence-electron chi connectivity index (χ3n) is 5.33. The fraction of sp³-hybridized carbons (Fsp3) is 0.217. The van der Waals surface area contributed by atoms with E-state index in [1.54, 1.807) is 6.07 Å². The van der Waals surface area contributed by atoms with Crippen LogP contribution in [0.25, 0.3) is 22.2 Å². The fourth-order valence-electron chi connectivity index (χ4n) is 3.95. The van der Waals surface area contributed by atoms with E-state index in [4.69, 9.17) is 9.84 Å². The average Bonchev–Trinajstić information content (AvgIpc) is 3.10. The topological polar surface area (TPSA) is 60.2 Å². The number of aryl methyl sites for hydroxylation is 3. The van der Waals surface area contributed by atoms with Gasteiger partial charge >= 0.3 is 0 Å². The fourth-order valence-corrected chi connectivity index (χ4v) is 3.95. The molecular weight excluding hydrogens is 350 g/mol. The van der Waals surface area contributed by atoms with Crippen LogP contribution < -0.4 is 4.74 Å². The van der Waals surface area contributed by atoms with Crippen LogP contribution in [-0.2, 0) is 19.6 Å². The molecule has 0 fully saturated rings. The van der Waals surface area contributed by atoms with E-state index in [9.17, 15) is 5.11 Å². The highest BCUT2D eigenvalue weighted by molar-refractivity contribution is 5.97. The molecule has 4 aromatic rings. The predicted octanol–water partition coefficient (Wildman–Crippen LogP) is 4.64. The van der Waals surface area contributed by atoms with Crippen molar-refractivity contribution in [2.24, 2.45) is 0 Å². The van der Waals surface area contributed by atoms with Crippen LogP contribution in [0.1, 0.15) is 23.2 Å². The Kier molecular flexibility index (Phi) is 4.01. The Morgan fingerprint density at radius 3 is 2.75 bits per heavy atom. The smallest absolute Gasteiger partial charge is 0.213 e. The molecule has 28 heavy (non-hydrogen) atoms. The number of ether oxygens (including phenoxy) is 1. The van der Waals surface area contributed by atoms with Crippen molar-refractivity contribution in [3.63, 3.8) is 0 Å². The molecule has 1 N–H and O–H groups in total. The van der Waals surface area contributed by atoms with Gasteiger partial charge in [0.2, 0.25) is 5.88 Å². The average molecular weight is 371 g/mol. The molecule has 0 unspecified atom stereocenters. The minimum atomic E-state index is 0.361. The van der Waals surface area contributed by atoms with E-state index in [0.29, 0.717) is 18.2 Å². The van der Waals surface area contributed by atoms with Crippen LogP contribution >= 0.6 is 0 Å². The first-order valence-corrected chi connectivity index (χ1v) is 9.57. The van der Waals surface area contributed by atoms with Crippen LogP contribution in [0.2, 0.25) is 0 Å². The van der Waals surface area contributed by atoms with Gasteiger partial charge in [0.05, 0.1) is 11.2 Å². The summed E-state index contributed by atoms with van der Waals surface area (Å²) in [6.07, 6.45) is 1.88. The molecule has 1 aliphatic heterocycles. The quantitative estimate of drug-likeness (QED) is 0.568. The zero-order valence-electron chi connectivity index (χ0n) is 15.7. The van der Waals surface area contributed by atoms with Gasteiger partial charge in [0.1, 0.15) is 18.1 Å². The lowest BCUT2D eigenvalue weighted by atomic mass is 9.99. The molecule has 5 nitrogen and oxygen atoms in total. The predicted molar refractivity (Wildman–Crippen MR) is 108 cm³/mol. The summed E-state index contributed by atoms with van der Waals surface area (Å²) in [5, 5.41) is 16.1. The molecule has 3 heterocycles. The highest BCUT2D eigenvalue weighted by Crippen LogP contribution is 2.37. The molecule has 0 radical (unpaired) electrons. The molecular formula is C23H21N3O2. The first-order chi connectivity index (χ1) is 13.7. The number of phenols is 1. The van der Waals surface area contributed by atoms with Gasteiger partial charge in [0.25, 0.3) is 0 Å². The normalized spacial score (nSPS) is 13.0. The van der Waals surface area contributed by atoms with E-state index in [1.807, 2.05) is 60.1 Å². The summed E-state index contributed by atoms with van der Waals surface area (Å²) in [5.41, 5.74) is 5.94. The maximum Gasteiger partial charge on any atom is 0.213 e. The maximum atomic E-state index is 10.2. The number of aromatic nitrogens is 3. The third kappa shape index (κ3) is 2.80. The Hall–Kier alpha value is -3.34. The van der Waals surface area contributed by atoms with Gasteiger partial charge in [0, 0.05) is 29.1 Å². The number of rotatable bonds is 4. The monoisotopic (exact) mass is 371 g/mol. The van der Waals surface area contributed by atoms with Crippen LogP contribution in [0.5, 0.6) is 11.6 Å². The lowest BCUT2D eigenvalue weighted by Crippen LogP contribution is -2.08. The van der Waals surface area contributed by atoms with Gasteiger partial charge in [0.15, 0.2) is 0 Å². The van der Waals surface area contributed by atoms with Crippen molar-refractivity contribution in [1.82, 2.24) is 14.8 Å². The van der Waals surface area contributed by atoms with E-state index in [1.165, 1.54) is 0 Å². The van der Waals surface area contributed by atoms with Gasteiger partial charge < -0.3 is 9.84 Å². The number of hydrogen-bond donors (Lipinski definition) is 1. The summed E-state index contributed by atoms with van der Waals surface area (Å²) in [6, 6.07) is 17.7. The molecule has 0 atom stereocenters. The molecule has 0 aliphatic carbocycles. The molecule has 0 spiro atoms. The van der Waals surface area contributed by atoms with Crippen LogP contribution in [0.3, 0.4) is 0 Å². The third-order valence-corrected chi connectivity index (χ3v) is 5.33. The Morgan fingerprint density at radius 1 is 1.07 bits per heavy atom. The van der Waals surface area contributed by atoms with Crippen LogP contribution in [0.4, 0.5) is 0 Å². The lowest BCUT2D eigenvalue weighted by Gasteiger charge is -2.14. The molecule has 0 saturated heterocycles. The number of hydrogen-bond acceptors (Lipinski definition) is 4. The first-order valence-electron chi connectivity index (χ1n) is 9.57.